The lowest BCUT2D eigenvalue weighted by molar-refractivity contribution is -0.148. The summed E-state index contributed by atoms with van der Waals surface area (Å²) in [4.78, 5) is 24.4. The van der Waals surface area contributed by atoms with Crippen LogP contribution in [-0.2, 0) is 9.59 Å². The van der Waals surface area contributed by atoms with Crippen molar-refractivity contribution in [2.24, 2.45) is 11.8 Å². The lowest BCUT2D eigenvalue weighted by Crippen LogP contribution is -2.42. The monoisotopic (exact) mass is 245 g/mol. The Kier molecular flexibility index (Phi) is 3.38. The maximum atomic E-state index is 11.7. The third-order valence-corrected chi connectivity index (χ3v) is 3.81. The molecule has 0 aromatic heterocycles. The molecule has 1 unspecified atom stereocenters. The second-order valence-electron chi connectivity index (χ2n) is 4.80. The summed E-state index contributed by atoms with van der Waals surface area (Å²) in [7, 11) is 0. The highest BCUT2D eigenvalue weighted by molar-refractivity contribution is 6.18. The van der Waals surface area contributed by atoms with Crippen molar-refractivity contribution in [1.82, 2.24) is 4.90 Å². The van der Waals surface area contributed by atoms with Gasteiger partial charge in [0.05, 0.1) is 0 Å². The van der Waals surface area contributed by atoms with Crippen LogP contribution >= 0.6 is 11.6 Å². The van der Waals surface area contributed by atoms with Crippen LogP contribution in [0, 0.1) is 11.8 Å². The number of aliphatic carboxylic acids is 1. The summed E-state index contributed by atoms with van der Waals surface area (Å²) in [5.41, 5.74) is 0. The minimum Gasteiger partial charge on any atom is -0.480 e. The zero-order valence-corrected chi connectivity index (χ0v) is 9.82. The summed E-state index contributed by atoms with van der Waals surface area (Å²) >= 11 is 5.71. The second kappa shape index (κ2) is 4.62. The van der Waals surface area contributed by atoms with Crippen molar-refractivity contribution < 1.29 is 14.7 Å². The fraction of sp³-hybridized carbons (Fsp3) is 0.818. The molecule has 2 atom stereocenters. The van der Waals surface area contributed by atoms with Gasteiger partial charge < -0.3 is 10.0 Å². The Morgan fingerprint density at radius 3 is 2.62 bits per heavy atom. The van der Waals surface area contributed by atoms with E-state index in [1.165, 1.54) is 4.90 Å². The summed E-state index contributed by atoms with van der Waals surface area (Å²) in [6.07, 6.45) is 3.21. The molecule has 0 spiro atoms. The number of carbonyl (C=O) groups is 2. The van der Waals surface area contributed by atoms with E-state index in [-0.39, 0.29) is 11.8 Å². The number of nitrogens with zero attached hydrogens (tertiary/aromatic N) is 1. The molecule has 1 N–H and O–H groups in total. The molecule has 1 aliphatic carbocycles. The molecule has 16 heavy (non-hydrogen) atoms. The third-order valence-electron chi connectivity index (χ3n) is 3.37. The summed E-state index contributed by atoms with van der Waals surface area (Å²) in [6.45, 7) is 0.506. The fourth-order valence-corrected chi connectivity index (χ4v) is 2.45. The summed E-state index contributed by atoms with van der Waals surface area (Å²) in [6, 6.07) is -0.631. The predicted octanol–water partition coefficient (Wildman–Crippen LogP) is 1.33. The number of amides is 1. The van der Waals surface area contributed by atoms with Gasteiger partial charge in [-0.05, 0) is 18.3 Å². The molecule has 5 heteroatoms. The maximum absolute atomic E-state index is 11.7. The van der Waals surface area contributed by atoms with Gasteiger partial charge in [0.1, 0.15) is 6.04 Å². The number of carbonyl (C=O) groups excluding carboxylic acids is 1. The molecule has 2 rings (SSSR count). The van der Waals surface area contributed by atoms with E-state index in [0.717, 1.165) is 12.8 Å². The van der Waals surface area contributed by atoms with E-state index in [1.54, 1.807) is 0 Å². The van der Waals surface area contributed by atoms with Crippen LogP contribution in [0.15, 0.2) is 0 Å². The van der Waals surface area contributed by atoms with E-state index in [2.05, 4.69) is 0 Å². The van der Waals surface area contributed by atoms with E-state index in [9.17, 15) is 9.59 Å². The zero-order valence-electron chi connectivity index (χ0n) is 9.06. The molecule has 4 nitrogen and oxygen atoms in total. The summed E-state index contributed by atoms with van der Waals surface area (Å²) in [5.74, 6) is 0.117. The average molecular weight is 246 g/mol. The molecular weight excluding hydrogens is 230 g/mol. The highest BCUT2D eigenvalue weighted by Crippen LogP contribution is 2.36. The van der Waals surface area contributed by atoms with Crippen LogP contribution in [0.4, 0.5) is 0 Å². The Morgan fingerprint density at radius 2 is 2.19 bits per heavy atom. The van der Waals surface area contributed by atoms with E-state index in [0.29, 0.717) is 31.2 Å². The molecule has 90 valence electrons. The van der Waals surface area contributed by atoms with Gasteiger partial charge in [0.25, 0.3) is 0 Å². The van der Waals surface area contributed by atoms with Crippen LogP contribution in [0.1, 0.15) is 25.7 Å². The van der Waals surface area contributed by atoms with Gasteiger partial charge >= 0.3 is 5.97 Å². The normalized spacial score (nSPS) is 27.2. The van der Waals surface area contributed by atoms with Crippen molar-refractivity contribution in [3.63, 3.8) is 0 Å². The maximum Gasteiger partial charge on any atom is 0.326 e. The highest BCUT2D eigenvalue weighted by atomic mass is 35.5. The van der Waals surface area contributed by atoms with Gasteiger partial charge in [-0.15, -0.1) is 11.6 Å². The second-order valence-corrected chi connectivity index (χ2v) is 5.11. The quantitative estimate of drug-likeness (QED) is 0.744. The first-order valence-electron chi connectivity index (χ1n) is 5.70. The molecule has 1 heterocycles. The standard InChI is InChI=1S/C11H16ClNO3/c12-5-8-4-10(14)13(6-8)9(11(15)16)3-7-1-2-7/h7-9H,1-6H2,(H,15,16)/t8?,9-/m0/s1. The summed E-state index contributed by atoms with van der Waals surface area (Å²) in [5, 5.41) is 9.16. The van der Waals surface area contributed by atoms with Gasteiger partial charge in [-0.1, -0.05) is 12.8 Å². The molecule has 1 aliphatic heterocycles. The molecular formula is C11H16ClNO3. The number of halogens is 1. The first-order valence-corrected chi connectivity index (χ1v) is 6.23. The molecule has 0 aromatic carbocycles. The largest absolute Gasteiger partial charge is 0.480 e. The van der Waals surface area contributed by atoms with Crippen LogP contribution in [0.3, 0.4) is 0 Å². The van der Waals surface area contributed by atoms with E-state index >= 15 is 0 Å². The molecule has 0 bridgehead atoms. The molecule has 1 saturated heterocycles. The Hall–Kier alpha value is -0.770. The zero-order chi connectivity index (χ0) is 11.7. The molecule has 0 aromatic rings. The number of hydrogen-bond donors (Lipinski definition) is 1. The predicted molar refractivity (Wildman–Crippen MR) is 59.3 cm³/mol. The minimum absolute atomic E-state index is 0.0568. The van der Waals surface area contributed by atoms with Gasteiger partial charge in [0.15, 0.2) is 0 Å². The smallest absolute Gasteiger partial charge is 0.326 e. The minimum atomic E-state index is -0.879. The van der Waals surface area contributed by atoms with Gasteiger partial charge in [-0.2, -0.15) is 0 Å². The SMILES string of the molecule is O=C(O)[C@H](CC1CC1)N1CC(CCl)CC1=O. The average Bonchev–Trinajstić information content (AvgIpc) is 2.98. The molecule has 1 saturated carbocycles. The number of hydrogen-bond acceptors (Lipinski definition) is 2. The molecule has 0 radical (unpaired) electrons. The number of carboxylic acid groups (broad SMARTS) is 1. The molecule has 1 amide bonds. The van der Waals surface area contributed by atoms with Crippen molar-refractivity contribution >= 4 is 23.5 Å². The fourth-order valence-electron chi connectivity index (χ4n) is 2.24. The van der Waals surface area contributed by atoms with Gasteiger partial charge in [0, 0.05) is 18.8 Å². The Labute approximate surface area is 99.6 Å². The lowest BCUT2D eigenvalue weighted by Gasteiger charge is -2.24. The van der Waals surface area contributed by atoms with E-state index in [4.69, 9.17) is 16.7 Å². The molecule has 2 aliphatic rings. The van der Waals surface area contributed by atoms with Crippen LogP contribution < -0.4 is 0 Å². The van der Waals surface area contributed by atoms with Crippen molar-refractivity contribution in [3.05, 3.63) is 0 Å². The van der Waals surface area contributed by atoms with Crippen LogP contribution in [0.5, 0.6) is 0 Å². The molecule has 2 fully saturated rings. The Bertz CT molecular complexity index is 304. The first-order chi connectivity index (χ1) is 7.61. The number of likely N-dealkylation sites (tertiary alicyclic amines) is 1. The van der Waals surface area contributed by atoms with Crippen LogP contribution in [0.2, 0.25) is 0 Å². The van der Waals surface area contributed by atoms with Gasteiger partial charge in [-0.3, -0.25) is 4.79 Å². The van der Waals surface area contributed by atoms with Gasteiger partial charge in [-0.25, -0.2) is 4.79 Å². The van der Waals surface area contributed by atoms with Crippen LogP contribution in [0.25, 0.3) is 0 Å². The lowest BCUT2D eigenvalue weighted by atomic mass is 10.1. The topological polar surface area (TPSA) is 57.6 Å². The van der Waals surface area contributed by atoms with E-state index < -0.39 is 12.0 Å². The highest BCUT2D eigenvalue weighted by Gasteiger charge is 2.40. The van der Waals surface area contributed by atoms with Crippen molar-refractivity contribution in [2.45, 2.75) is 31.7 Å². The Balaban J connectivity index is 2.01. The van der Waals surface area contributed by atoms with Crippen molar-refractivity contribution in [3.8, 4) is 0 Å². The Morgan fingerprint density at radius 1 is 1.50 bits per heavy atom. The third kappa shape index (κ3) is 2.48. The van der Waals surface area contributed by atoms with Gasteiger partial charge in [0.2, 0.25) is 5.91 Å². The van der Waals surface area contributed by atoms with E-state index in [1.807, 2.05) is 0 Å². The van der Waals surface area contributed by atoms with Crippen molar-refractivity contribution in [2.75, 3.05) is 12.4 Å². The number of carboxylic acids is 1. The van der Waals surface area contributed by atoms with Crippen LogP contribution in [-0.4, -0.2) is 40.3 Å². The van der Waals surface area contributed by atoms with Crippen molar-refractivity contribution in [1.29, 1.82) is 0 Å². The number of alkyl halides is 1. The summed E-state index contributed by atoms with van der Waals surface area (Å²) < 4.78 is 0. The first kappa shape index (κ1) is 11.7. The number of rotatable bonds is 5.